The molecule has 0 saturated heterocycles. The lowest BCUT2D eigenvalue weighted by atomic mass is 10.3. The van der Waals surface area contributed by atoms with Crippen LogP contribution in [0.4, 0.5) is 10.5 Å². The van der Waals surface area contributed by atoms with Crippen molar-refractivity contribution >= 4 is 29.2 Å². The minimum atomic E-state index is -0.779. The van der Waals surface area contributed by atoms with E-state index in [2.05, 4.69) is 25.3 Å². The van der Waals surface area contributed by atoms with Crippen molar-refractivity contribution in [1.29, 1.82) is 0 Å². The lowest BCUT2D eigenvalue weighted by molar-refractivity contribution is 0.166. The van der Waals surface area contributed by atoms with Crippen LogP contribution in [0.3, 0.4) is 0 Å². The highest BCUT2D eigenvalue weighted by Crippen LogP contribution is 2.08. The predicted octanol–water partition coefficient (Wildman–Crippen LogP) is 2.00. The van der Waals surface area contributed by atoms with Crippen LogP contribution in [0, 0.1) is 0 Å². The number of hydrogen-bond acceptors (Lipinski definition) is 5. The number of halogens is 1. The van der Waals surface area contributed by atoms with Crippen LogP contribution in [0.1, 0.15) is 5.69 Å². The number of aromatic nitrogens is 2. The summed E-state index contributed by atoms with van der Waals surface area (Å²) < 4.78 is 0. The first-order chi connectivity index (χ1) is 9.66. The molecule has 0 unspecified atom stereocenters. The summed E-state index contributed by atoms with van der Waals surface area (Å²) in [4.78, 5) is 23.7. The molecule has 0 aliphatic heterocycles. The van der Waals surface area contributed by atoms with Gasteiger partial charge in [0.05, 0.1) is 0 Å². The van der Waals surface area contributed by atoms with E-state index in [0.717, 1.165) is 0 Å². The number of carbonyl (C=O) groups is 1. The van der Waals surface area contributed by atoms with E-state index in [9.17, 15) is 4.79 Å². The lowest BCUT2D eigenvalue weighted by Gasteiger charge is -2.03. The maximum atomic E-state index is 11.5. The molecule has 0 saturated carbocycles. The fraction of sp³-hybridized carbons (Fsp3) is 0. The molecule has 0 fully saturated rings. The number of rotatable bonds is 3. The van der Waals surface area contributed by atoms with E-state index in [1.165, 1.54) is 12.4 Å². The highest BCUT2D eigenvalue weighted by molar-refractivity contribution is 6.32. The van der Waals surface area contributed by atoms with Gasteiger partial charge in [0.15, 0.2) is 11.0 Å². The first-order valence-electron chi connectivity index (χ1n) is 5.50. The maximum absolute atomic E-state index is 11.5. The van der Waals surface area contributed by atoms with Crippen LogP contribution in [0.15, 0.2) is 47.9 Å². The molecule has 0 radical (unpaired) electrons. The molecule has 0 aliphatic rings. The number of nitrogens with two attached hydrogens (primary N) is 1. The van der Waals surface area contributed by atoms with E-state index < -0.39 is 6.09 Å². The van der Waals surface area contributed by atoms with Gasteiger partial charge < -0.3 is 5.73 Å². The number of amides is 1. The summed E-state index contributed by atoms with van der Waals surface area (Å²) in [5.74, 6) is -0.147. The van der Waals surface area contributed by atoms with E-state index in [0.29, 0.717) is 5.69 Å². The van der Waals surface area contributed by atoms with Crippen LogP contribution in [-0.2, 0) is 4.84 Å². The Morgan fingerprint density at radius 3 is 2.65 bits per heavy atom. The molecule has 1 amide bonds. The second-order valence-corrected chi connectivity index (χ2v) is 3.90. The third kappa shape index (κ3) is 3.66. The van der Waals surface area contributed by atoms with Crippen molar-refractivity contribution in [3.05, 3.63) is 53.6 Å². The molecular weight excluding hydrogens is 282 g/mol. The number of para-hydroxylation sites is 1. The van der Waals surface area contributed by atoms with Gasteiger partial charge in [-0.1, -0.05) is 35.0 Å². The molecular formula is C12H10ClN5O2. The first kappa shape index (κ1) is 13.8. The molecule has 20 heavy (non-hydrogen) atoms. The SMILES string of the molecule is NC(=NOC(=O)Nc1ccccc1)c1nccnc1Cl. The zero-order chi connectivity index (χ0) is 14.4. The van der Waals surface area contributed by atoms with Crippen LogP contribution in [0.5, 0.6) is 0 Å². The van der Waals surface area contributed by atoms with Gasteiger partial charge in [0.2, 0.25) is 0 Å². The lowest BCUT2D eigenvalue weighted by Crippen LogP contribution is -2.19. The van der Waals surface area contributed by atoms with Crippen molar-refractivity contribution in [1.82, 2.24) is 9.97 Å². The quantitative estimate of drug-likeness (QED) is 0.390. The Balaban J connectivity index is 1.99. The van der Waals surface area contributed by atoms with E-state index in [1.54, 1.807) is 24.3 Å². The van der Waals surface area contributed by atoms with Crippen molar-refractivity contribution in [3.8, 4) is 0 Å². The third-order valence-corrected chi connectivity index (χ3v) is 2.42. The molecule has 3 N–H and O–H groups in total. The van der Waals surface area contributed by atoms with Gasteiger partial charge in [-0.15, -0.1) is 0 Å². The summed E-state index contributed by atoms with van der Waals surface area (Å²) in [5.41, 5.74) is 6.31. The van der Waals surface area contributed by atoms with Gasteiger partial charge in [0.25, 0.3) is 0 Å². The largest absolute Gasteiger partial charge is 0.437 e. The molecule has 1 aromatic heterocycles. The minimum Gasteiger partial charge on any atom is -0.379 e. The summed E-state index contributed by atoms with van der Waals surface area (Å²) in [6.07, 6.45) is 2.02. The molecule has 0 spiro atoms. The van der Waals surface area contributed by atoms with Crippen molar-refractivity contribution in [2.24, 2.45) is 10.9 Å². The molecule has 1 heterocycles. The second-order valence-electron chi connectivity index (χ2n) is 3.54. The Bertz CT molecular complexity index is 633. The normalized spacial score (nSPS) is 10.9. The number of nitrogens with one attached hydrogen (secondary N) is 1. The average molecular weight is 292 g/mol. The van der Waals surface area contributed by atoms with Gasteiger partial charge in [0.1, 0.15) is 5.69 Å². The number of benzene rings is 1. The summed E-state index contributed by atoms with van der Waals surface area (Å²) >= 11 is 5.77. The maximum Gasteiger partial charge on any atom is 0.437 e. The zero-order valence-corrected chi connectivity index (χ0v) is 10.9. The Hall–Kier alpha value is -2.67. The number of amidine groups is 1. The Labute approximate surface area is 119 Å². The van der Waals surface area contributed by atoms with Crippen molar-refractivity contribution in [3.63, 3.8) is 0 Å². The highest BCUT2D eigenvalue weighted by atomic mass is 35.5. The van der Waals surface area contributed by atoms with Crippen LogP contribution >= 0.6 is 11.6 Å². The Kier molecular flexibility index (Phi) is 4.46. The first-order valence-corrected chi connectivity index (χ1v) is 5.88. The summed E-state index contributed by atoms with van der Waals surface area (Å²) in [5, 5.41) is 5.99. The summed E-state index contributed by atoms with van der Waals surface area (Å²) in [6, 6.07) is 8.77. The van der Waals surface area contributed by atoms with Crippen molar-refractivity contribution in [2.45, 2.75) is 0 Å². The Morgan fingerprint density at radius 1 is 1.25 bits per heavy atom. The van der Waals surface area contributed by atoms with E-state index in [-0.39, 0.29) is 16.7 Å². The van der Waals surface area contributed by atoms with E-state index in [4.69, 9.17) is 17.3 Å². The van der Waals surface area contributed by atoms with Crippen LogP contribution in [0.25, 0.3) is 0 Å². The van der Waals surface area contributed by atoms with Gasteiger partial charge in [0, 0.05) is 18.1 Å². The zero-order valence-electron chi connectivity index (χ0n) is 10.2. The van der Waals surface area contributed by atoms with Gasteiger partial charge in [-0.25, -0.2) is 14.8 Å². The predicted molar refractivity (Wildman–Crippen MR) is 74.3 cm³/mol. The summed E-state index contributed by atoms with van der Waals surface area (Å²) in [6.45, 7) is 0. The number of oxime groups is 1. The van der Waals surface area contributed by atoms with E-state index >= 15 is 0 Å². The van der Waals surface area contributed by atoms with Crippen LogP contribution in [0.2, 0.25) is 5.15 Å². The molecule has 0 atom stereocenters. The van der Waals surface area contributed by atoms with Crippen molar-refractivity contribution < 1.29 is 9.63 Å². The molecule has 2 aromatic rings. The molecule has 2 rings (SSSR count). The number of nitrogens with zero attached hydrogens (tertiary/aromatic N) is 3. The molecule has 102 valence electrons. The van der Waals surface area contributed by atoms with E-state index in [1.807, 2.05) is 6.07 Å². The fourth-order valence-electron chi connectivity index (χ4n) is 1.29. The van der Waals surface area contributed by atoms with Crippen molar-refractivity contribution in [2.75, 3.05) is 5.32 Å². The molecule has 1 aromatic carbocycles. The molecule has 7 nitrogen and oxygen atoms in total. The number of hydrogen-bond donors (Lipinski definition) is 2. The molecule has 0 bridgehead atoms. The van der Waals surface area contributed by atoms with Crippen LogP contribution in [-0.4, -0.2) is 21.9 Å². The topological polar surface area (TPSA) is 102 Å². The smallest absolute Gasteiger partial charge is 0.379 e. The summed E-state index contributed by atoms with van der Waals surface area (Å²) in [7, 11) is 0. The number of anilines is 1. The second kappa shape index (κ2) is 6.48. The van der Waals surface area contributed by atoms with Gasteiger partial charge >= 0.3 is 6.09 Å². The number of carbonyl (C=O) groups excluding carboxylic acids is 1. The highest BCUT2D eigenvalue weighted by Gasteiger charge is 2.09. The Morgan fingerprint density at radius 2 is 1.95 bits per heavy atom. The minimum absolute atomic E-state index is 0.0702. The van der Waals surface area contributed by atoms with Gasteiger partial charge in [-0.2, -0.15) is 0 Å². The van der Waals surface area contributed by atoms with Gasteiger partial charge in [-0.05, 0) is 12.1 Å². The standard InChI is InChI=1S/C12H10ClN5O2/c13-10-9(15-6-7-16-10)11(14)18-20-12(19)17-8-4-2-1-3-5-8/h1-7H,(H2,14,18)(H,17,19). The fourth-order valence-corrected chi connectivity index (χ4v) is 1.49. The van der Waals surface area contributed by atoms with Crippen LogP contribution < -0.4 is 11.1 Å². The monoisotopic (exact) mass is 291 g/mol. The molecule has 0 aliphatic carbocycles. The van der Waals surface area contributed by atoms with Gasteiger partial charge in [-0.3, -0.25) is 10.2 Å². The average Bonchev–Trinajstić information content (AvgIpc) is 2.46. The molecule has 8 heteroatoms. The third-order valence-electron chi connectivity index (χ3n) is 2.14.